The molecule has 0 spiro atoms. The van der Waals surface area contributed by atoms with Gasteiger partial charge in [-0.15, -0.1) is 0 Å². The molecule has 0 heterocycles. The Morgan fingerprint density at radius 2 is 1.33 bits per heavy atom. The maximum atomic E-state index is 11.7. The fourth-order valence-electron chi connectivity index (χ4n) is 3.19. The number of ether oxygens (including phenoxy) is 3. The second kappa shape index (κ2) is 24.6. The van der Waals surface area contributed by atoms with Crippen molar-refractivity contribution in [3.63, 3.8) is 0 Å². The van der Waals surface area contributed by atoms with Crippen molar-refractivity contribution in [2.75, 3.05) is 26.4 Å². The van der Waals surface area contributed by atoms with Crippen LogP contribution in [0.15, 0.2) is 36.5 Å². The molecule has 0 atom stereocenters. The smallest absolute Gasteiger partial charge is 0.407 e. The molecule has 6 heteroatoms. The first-order valence-electron chi connectivity index (χ1n) is 14.0. The second-order valence-electron chi connectivity index (χ2n) is 9.95. The average molecular weight is 508 g/mol. The number of carbonyl (C=O) groups is 2. The van der Waals surface area contributed by atoms with Crippen molar-refractivity contribution in [1.29, 1.82) is 0 Å². The van der Waals surface area contributed by atoms with Crippen LogP contribution in [0.4, 0.5) is 4.79 Å². The van der Waals surface area contributed by atoms with Gasteiger partial charge in [-0.1, -0.05) is 62.6 Å². The Bertz CT molecular complexity index is 619. The highest BCUT2D eigenvalue weighted by molar-refractivity contribution is 5.70. The minimum absolute atomic E-state index is 0.251. The highest BCUT2D eigenvalue weighted by atomic mass is 16.6. The number of carbonyl (C=O) groups excluding carboxylic acids is 2. The lowest BCUT2D eigenvalue weighted by Crippen LogP contribution is -2.33. The van der Waals surface area contributed by atoms with Gasteiger partial charge in [0, 0.05) is 32.6 Å². The third-order valence-corrected chi connectivity index (χ3v) is 5.10. The topological polar surface area (TPSA) is 73.9 Å². The summed E-state index contributed by atoms with van der Waals surface area (Å²) in [6, 6.07) is 0. The first kappa shape index (κ1) is 33.9. The fourth-order valence-corrected chi connectivity index (χ4v) is 3.19. The van der Waals surface area contributed by atoms with E-state index in [2.05, 4.69) is 48.7 Å². The van der Waals surface area contributed by atoms with Crippen LogP contribution in [0.1, 0.15) is 111 Å². The van der Waals surface area contributed by atoms with Crippen LogP contribution in [-0.4, -0.2) is 44.0 Å². The molecule has 0 aliphatic heterocycles. The Kier molecular flexibility index (Phi) is 23.2. The van der Waals surface area contributed by atoms with Gasteiger partial charge in [0.1, 0.15) is 5.60 Å². The lowest BCUT2D eigenvalue weighted by Gasteiger charge is -2.19. The molecule has 0 fully saturated rings. The second-order valence-corrected chi connectivity index (χ2v) is 9.95. The number of allylic oxidation sites excluding steroid dienone is 6. The van der Waals surface area contributed by atoms with E-state index in [1.807, 2.05) is 20.8 Å². The van der Waals surface area contributed by atoms with Gasteiger partial charge in [-0.05, 0) is 72.1 Å². The van der Waals surface area contributed by atoms with Crippen LogP contribution >= 0.6 is 0 Å². The van der Waals surface area contributed by atoms with Gasteiger partial charge in [0.2, 0.25) is 0 Å². The molecule has 0 bridgehead atoms. The van der Waals surface area contributed by atoms with E-state index < -0.39 is 11.7 Å². The fraction of sp³-hybridized carbons (Fsp3) is 0.733. The number of amides is 1. The lowest BCUT2D eigenvalue weighted by molar-refractivity contribution is -0.144. The summed E-state index contributed by atoms with van der Waals surface area (Å²) in [6.45, 7) is 9.78. The van der Waals surface area contributed by atoms with Gasteiger partial charge >= 0.3 is 12.1 Å². The van der Waals surface area contributed by atoms with Crippen molar-refractivity contribution in [2.45, 2.75) is 117 Å². The highest BCUT2D eigenvalue weighted by Crippen LogP contribution is 2.06. The third-order valence-electron chi connectivity index (χ3n) is 5.10. The monoisotopic (exact) mass is 507 g/mol. The van der Waals surface area contributed by atoms with Crippen LogP contribution in [0.3, 0.4) is 0 Å². The predicted molar refractivity (Wildman–Crippen MR) is 149 cm³/mol. The maximum absolute atomic E-state index is 11.7. The van der Waals surface area contributed by atoms with Crippen LogP contribution in [0.25, 0.3) is 0 Å². The Balaban J connectivity index is 3.37. The molecule has 208 valence electrons. The third kappa shape index (κ3) is 28.2. The van der Waals surface area contributed by atoms with Crippen molar-refractivity contribution in [3.8, 4) is 0 Å². The van der Waals surface area contributed by atoms with E-state index >= 15 is 0 Å². The van der Waals surface area contributed by atoms with Gasteiger partial charge in [-0.2, -0.15) is 0 Å². The van der Waals surface area contributed by atoms with E-state index in [9.17, 15) is 9.59 Å². The standard InChI is InChI=1S/C30H53NO5/c1-5-6-7-8-9-10-11-12-13-14-15-16-17-18-19-20-25-34-26-22-27-35-28(32)23-21-24-31-29(33)36-30(2,3)4/h9-10,12-13,15-16H,5-8,11,14,17-27H2,1-4H3,(H,31,33)/b10-9-,13-12-,16-15-. The van der Waals surface area contributed by atoms with E-state index in [0.29, 0.717) is 32.6 Å². The van der Waals surface area contributed by atoms with E-state index in [-0.39, 0.29) is 12.4 Å². The van der Waals surface area contributed by atoms with Gasteiger partial charge in [0.25, 0.3) is 0 Å². The first-order valence-corrected chi connectivity index (χ1v) is 14.0. The van der Waals surface area contributed by atoms with Gasteiger partial charge in [0.05, 0.1) is 6.61 Å². The molecule has 0 saturated heterocycles. The van der Waals surface area contributed by atoms with Crippen LogP contribution in [0.2, 0.25) is 0 Å². The predicted octanol–water partition coefficient (Wildman–Crippen LogP) is 7.83. The summed E-state index contributed by atoms with van der Waals surface area (Å²) < 4.78 is 15.9. The van der Waals surface area contributed by atoms with E-state index in [1.165, 1.54) is 32.1 Å². The minimum atomic E-state index is -0.523. The van der Waals surface area contributed by atoms with E-state index in [4.69, 9.17) is 14.2 Å². The molecule has 0 rings (SSSR count). The van der Waals surface area contributed by atoms with Crippen molar-refractivity contribution in [1.82, 2.24) is 5.32 Å². The van der Waals surface area contributed by atoms with Crippen molar-refractivity contribution < 1.29 is 23.8 Å². The van der Waals surface area contributed by atoms with Crippen molar-refractivity contribution in [2.24, 2.45) is 0 Å². The molecular formula is C30H53NO5. The lowest BCUT2D eigenvalue weighted by atomic mass is 10.2. The van der Waals surface area contributed by atoms with Crippen LogP contribution in [-0.2, 0) is 19.0 Å². The molecule has 0 unspecified atom stereocenters. The number of esters is 1. The summed E-state index contributed by atoms with van der Waals surface area (Å²) >= 11 is 0. The number of nitrogens with one attached hydrogen (secondary N) is 1. The van der Waals surface area contributed by atoms with E-state index in [1.54, 1.807) is 0 Å². The molecule has 1 N–H and O–H groups in total. The highest BCUT2D eigenvalue weighted by Gasteiger charge is 2.15. The summed E-state index contributed by atoms with van der Waals surface area (Å²) in [5.74, 6) is -0.251. The first-order chi connectivity index (χ1) is 17.3. The summed E-state index contributed by atoms with van der Waals surface area (Å²) in [4.78, 5) is 23.2. The van der Waals surface area contributed by atoms with Crippen molar-refractivity contribution >= 4 is 12.1 Å². The largest absolute Gasteiger partial charge is 0.466 e. The quantitative estimate of drug-likeness (QED) is 0.0918. The molecule has 1 amide bonds. The molecule has 0 aliphatic rings. The molecule has 0 aliphatic carbocycles. The molecule has 0 aromatic carbocycles. The van der Waals surface area contributed by atoms with E-state index in [0.717, 1.165) is 38.7 Å². The Morgan fingerprint density at radius 3 is 1.97 bits per heavy atom. The van der Waals surface area contributed by atoms with Gasteiger partial charge < -0.3 is 19.5 Å². The number of rotatable bonds is 22. The minimum Gasteiger partial charge on any atom is -0.466 e. The Labute approximate surface area is 220 Å². The average Bonchev–Trinajstić information content (AvgIpc) is 2.81. The van der Waals surface area contributed by atoms with Crippen LogP contribution in [0.5, 0.6) is 0 Å². The van der Waals surface area contributed by atoms with Gasteiger partial charge in [0.15, 0.2) is 0 Å². The number of unbranched alkanes of at least 4 members (excludes halogenated alkanes) is 6. The number of alkyl carbamates (subject to hydrolysis) is 1. The zero-order valence-electron chi connectivity index (χ0n) is 23.5. The zero-order chi connectivity index (χ0) is 26.7. The molecule has 0 aromatic rings. The Morgan fingerprint density at radius 1 is 0.722 bits per heavy atom. The normalized spacial score (nSPS) is 12.1. The molecule has 0 aromatic heterocycles. The zero-order valence-corrected chi connectivity index (χ0v) is 23.5. The molecule has 0 saturated carbocycles. The van der Waals surface area contributed by atoms with Crippen molar-refractivity contribution in [3.05, 3.63) is 36.5 Å². The number of hydrogen-bond donors (Lipinski definition) is 1. The van der Waals surface area contributed by atoms with Gasteiger partial charge in [-0.3, -0.25) is 4.79 Å². The molecule has 0 radical (unpaired) electrons. The molecule has 36 heavy (non-hydrogen) atoms. The molecular weight excluding hydrogens is 454 g/mol. The van der Waals surface area contributed by atoms with Crippen LogP contribution in [0, 0.1) is 0 Å². The summed E-state index contributed by atoms with van der Waals surface area (Å²) in [6.07, 6.45) is 26.3. The van der Waals surface area contributed by atoms with Gasteiger partial charge in [-0.25, -0.2) is 4.79 Å². The Hall–Kier alpha value is -2.08. The summed E-state index contributed by atoms with van der Waals surface area (Å²) in [5, 5.41) is 2.63. The summed E-state index contributed by atoms with van der Waals surface area (Å²) in [5.41, 5.74) is -0.523. The number of hydrogen-bond acceptors (Lipinski definition) is 5. The maximum Gasteiger partial charge on any atom is 0.407 e. The molecule has 6 nitrogen and oxygen atoms in total. The summed E-state index contributed by atoms with van der Waals surface area (Å²) in [7, 11) is 0. The van der Waals surface area contributed by atoms with Crippen LogP contribution < -0.4 is 5.32 Å². The SMILES string of the molecule is CCCCC/C=C\C/C=C\C/C=C\CCCCCOCCCOC(=O)CCCNC(=O)OC(C)(C)C.